The zero-order valence-corrected chi connectivity index (χ0v) is 18.1. The second-order valence-corrected chi connectivity index (χ2v) is 8.71. The molecule has 4 rings (SSSR count). The summed E-state index contributed by atoms with van der Waals surface area (Å²) in [5.41, 5.74) is 7.12. The summed E-state index contributed by atoms with van der Waals surface area (Å²) in [5.74, 6) is 0.282. The number of anilines is 1. The molecule has 1 aliphatic rings. The molecule has 30 heavy (non-hydrogen) atoms. The van der Waals surface area contributed by atoms with E-state index >= 15 is 0 Å². The first kappa shape index (κ1) is 20.1. The highest BCUT2D eigenvalue weighted by Gasteiger charge is 2.35. The fourth-order valence-corrected chi connectivity index (χ4v) is 4.84. The second kappa shape index (κ2) is 7.94. The molecule has 0 fully saturated rings. The number of nitrogens with one attached hydrogen (secondary N) is 1. The Morgan fingerprint density at radius 2 is 1.93 bits per heavy atom. The molecule has 1 atom stereocenters. The minimum Gasteiger partial charge on any atom is -0.366 e. The summed E-state index contributed by atoms with van der Waals surface area (Å²) >= 11 is 0. The molecule has 1 aliphatic heterocycles. The molecule has 1 heterocycles. The van der Waals surface area contributed by atoms with Gasteiger partial charge in [-0.2, -0.15) is 5.10 Å². The van der Waals surface area contributed by atoms with Crippen molar-refractivity contribution < 1.29 is 4.79 Å². The number of benzene rings is 3. The van der Waals surface area contributed by atoms with Gasteiger partial charge < -0.3 is 4.90 Å². The first-order valence-electron chi connectivity index (χ1n) is 10.6. The zero-order valence-electron chi connectivity index (χ0n) is 18.1. The minimum atomic E-state index is -0.201. The smallest absolute Gasteiger partial charge is 0.271 e. The predicted octanol–water partition coefficient (Wildman–Crippen LogP) is 5.72. The van der Waals surface area contributed by atoms with Gasteiger partial charge >= 0.3 is 0 Å². The van der Waals surface area contributed by atoms with E-state index in [4.69, 9.17) is 0 Å². The lowest BCUT2D eigenvalue weighted by Gasteiger charge is -2.47. The normalized spacial score (nSPS) is 17.9. The fraction of sp³-hybridized carbons (Fsp3) is 0.308. The van der Waals surface area contributed by atoms with Crippen molar-refractivity contribution in [2.45, 2.75) is 45.6 Å². The minimum absolute atomic E-state index is 0.156. The van der Waals surface area contributed by atoms with Gasteiger partial charge in [-0.25, -0.2) is 5.43 Å². The van der Waals surface area contributed by atoms with Gasteiger partial charge in [-0.1, -0.05) is 49.4 Å². The molecule has 3 aromatic carbocycles. The lowest BCUT2D eigenvalue weighted by Crippen LogP contribution is -2.48. The Balaban J connectivity index is 1.54. The van der Waals surface area contributed by atoms with E-state index in [0.717, 1.165) is 29.3 Å². The predicted molar refractivity (Wildman–Crippen MR) is 126 cm³/mol. The summed E-state index contributed by atoms with van der Waals surface area (Å²) in [4.78, 5) is 15.1. The Kier molecular flexibility index (Phi) is 5.33. The third-order valence-corrected chi connectivity index (χ3v) is 6.14. The van der Waals surface area contributed by atoms with Crippen LogP contribution in [-0.4, -0.2) is 24.2 Å². The van der Waals surface area contributed by atoms with Gasteiger partial charge in [0, 0.05) is 23.3 Å². The second-order valence-electron chi connectivity index (χ2n) is 8.71. The van der Waals surface area contributed by atoms with Crippen molar-refractivity contribution in [2.24, 2.45) is 5.10 Å². The van der Waals surface area contributed by atoms with Crippen molar-refractivity contribution in [2.75, 3.05) is 11.4 Å². The molecule has 3 aromatic rings. The van der Waals surface area contributed by atoms with E-state index in [-0.39, 0.29) is 11.4 Å². The summed E-state index contributed by atoms with van der Waals surface area (Å²) in [6.45, 7) is 10.1. The number of amides is 1. The van der Waals surface area contributed by atoms with Crippen molar-refractivity contribution in [1.82, 2.24) is 5.43 Å². The van der Waals surface area contributed by atoms with Crippen LogP contribution in [0.25, 0.3) is 10.8 Å². The maximum Gasteiger partial charge on any atom is 0.271 e. The number of hydrogen-bond donors (Lipinski definition) is 1. The Morgan fingerprint density at radius 1 is 1.17 bits per heavy atom. The van der Waals surface area contributed by atoms with Crippen LogP contribution in [0, 0.1) is 0 Å². The number of hydrogen-bond acceptors (Lipinski definition) is 3. The molecule has 0 saturated carbocycles. The van der Waals surface area contributed by atoms with Crippen LogP contribution >= 0.6 is 0 Å². The van der Waals surface area contributed by atoms with E-state index in [1.165, 1.54) is 11.3 Å². The summed E-state index contributed by atoms with van der Waals surface area (Å²) < 4.78 is 0. The summed E-state index contributed by atoms with van der Waals surface area (Å²) in [5, 5.41) is 6.20. The van der Waals surface area contributed by atoms with E-state index in [9.17, 15) is 4.79 Å². The van der Waals surface area contributed by atoms with Crippen molar-refractivity contribution >= 4 is 28.6 Å². The van der Waals surface area contributed by atoms with Gasteiger partial charge in [-0.05, 0) is 73.2 Å². The zero-order chi connectivity index (χ0) is 21.3. The summed E-state index contributed by atoms with van der Waals surface area (Å²) in [7, 11) is 0. The standard InChI is InChI=1S/C26H29N3O/c1-5-29-24-14-13-19(15-23(24)18(2)16-26(29,3)4)17-27-28-25(30)22-12-8-10-20-9-6-7-11-21(20)22/h6-15,17-18H,5,16H2,1-4H3,(H,28,30)/b27-17-. The summed E-state index contributed by atoms with van der Waals surface area (Å²) in [6, 6.07) is 20.1. The Hall–Kier alpha value is -3.14. The first-order valence-corrected chi connectivity index (χ1v) is 10.6. The summed E-state index contributed by atoms with van der Waals surface area (Å²) in [6.07, 6.45) is 2.85. The molecule has 1 unspecified atom stereocenters. The third-order valence-electron chi connectivity index (χ3n) is 6.14. The lowest BCUT2D eigenvalue weighted by molar-refractivity contribution is 0.0957. The molecule has 0 bridgehead atoms. The van der Waals surface area contributed by atoms with Crippen LogP contribution in [-0.2, 0) is 0 Å². The van der Waals surface area contributed by atoms with Gasteiger partial charge in [0.25, 0.3) is 5.91 Å². The number of nitrogens with zero attached hydrogens (tertiary/aromatic N) is 2. The highest BCUT2D eigenvalue weighted by molar-refractivity contribution is 6.07. The number of carbonyl (C=O) groups is 1. The lowest BCUT2D eigenvalue weighted by atomic mass is 9.79. The van der Waals surface area contributed by atoms with E-state index in [2.05, 4.69) is 61.3 Å². The van der Waals surface area contributed by atoms with E-state index < -0.39 is 0 Å². The van der Waals surface area contributed by atoms with Crippen molar-refractivity contribution in [1.29, 1.82) is 0 Å². The topological polar surface area (TPSA) is 44.7 Å². The van der Waals surface area contributed by atoms with Gasteiger partial charge in [0.15, 0.2) is 0 Å². The van der Waals surface area contributed by atoms with Gasteiger partial charge in [0.05, 0.1) is 6.21 Å². The Labute approximate surface area is 178 Å². The number of rotatable bonds is 4. The number of carbonyl (C=O) groups excluding carboxylic acids is 1. The number of hydrazone groups is 1. The van der Waals surface area contributed by atoms with Crippen LogP contribution in [0.5, 0.6) is 0 Å². The van der Waals surface area contributed by atoms with Gasteiger partial charge in [-0.15, -0.1) is 0 Å². The Morgan fingerprint density at radius 3 is 2.73 bits per heavy atom. The van der Waals surface area contributed by atoms with Crippen LogP contribution < -0.4 is 10.3 Å². The van der Waals surface area contributed by atoms with Gasteiger partial charge in [0.1, 0.15) is 0 Å². The maximum absolute atomic E-state index is 12.7. The third kappa shape index (κ3) is 3.70. The fourth-order valence-electron chi connectivity index (χ4n) is 4.84. The molecular weight excluding hydrogens is 370 g/mol. The molecule has 4 heteroatoms. The Bertz CT molecular complexity index is 1110. The molecule has 4 nitrogen and oxygen atoms in total. The number of fused-ring (bicyclic) bond motifs is 2. The van der Waals surface area contributed by atoms with E-state index in [1.54, 1.807) is 6.21 Å². The average Bonchev–Trinajstić information content (AvgIpc) is 2.73. The quantitative estimate of drug-likeness (QED) is 0.451. The molecule has 1 N–H and O–H groups in total. The van der Waals surface area contributed by atoms with Crippen LogP contribution in [0.4, 0.5) is 5.69 Å². The largest absolute Gasteiger partial charge is 0.366 e. The van der Waals surface area contributed by atoms with Crippen molar-refractivity contribution in [3.8, 4) is 0 Å². The maximum atomic E-state index is 12.7. The van der Waals surface area contributed by atoms with Crippen LogP contribution in [0.3, 0.4) is 0 Å². The molecule has 154 valence electrons. The molecular formula is C26H29N3O. The average molecular weight is 400 g/mol. The van der Waals surface area contributed by atoms with Gasteiger partial charge in [0.2, 0.25) is 0 Å². The molecule has 0 saturated heterocycles. The molecule has 0 spiro atoms. The van der Waals surface area contributed by atoms with Crippen LogP contribution in [0.15, 0.2) is 65.8 Å². The SMILES string of the molecule is CCN1c2ccc(/C=N\NC(=O)c3cccc4ccccc34)cc2C(C)CC1(C)C. The van der Waals surface area contributed by atoms with Crippen LogP contribution in [0.2, 0.25) is 0 Å². The van der Waals surface area contributed by atoms with Crippen molar-refractivity contribution in [3.63, 3.8) is 0 Å². The van der Waals surface area contributed by atoms with Crippen LogP contribution in [0.1, 0.15) is 61.5 Å². The van der Waals surface area contributed by atoms with Gasteiger partial charge in [-0.3, -0.25) is 4.79 Å². The highest BCUT2D eigenvalue weighted by Crippen LogP contribution is 2.43. The molecule has 0 aromatic heterocycles. The highest BCUT2D eigenvalue weighted by atomic mass is 16.2. The monoisotopic (exact) mass is 399 g/mol. The molecule has 0 radical (unpaired) electrons. The molecule has 0 aliphatic carbocycles. The van der Waals surface area contributed by atoms with E-state index in [0.29, 0.717) is 11.5 Å². The first-order chi connectivity index (χ1) is 14.4. The van der Waals surface area contributed by atoms with E-state index in [1.807, 2.05) is 42.5 Å². The molecule has 1 amide bonds. The van der Waals surface area contributed by atoms with Crippen molar-refractivity contribution in [3.05, 3.63) is 77.4 Å².